The van der Waals surface area contributed by atoms with Crippen LogP contribution in [-0.2, 0) is 27.4 Å². The Bertz CT molecular complexity index is 704. The Kier molecular flexibility index (Phi) is 6.08. The molecule has 0 aromatic carbocycles. The molecule has 0 saturated heterocycles. The van der Waals surface area contributed by atoms with Crippen LogP contribution in [0.15, 0.2) is 71.4 Å². The van der Waals surface area contributed by atoms with Gasteiger partial charge in [0.25, 0.3) is 0 Å². The average molecular weight is 453 g/mol. The molecule has 0 fully saturated rings. The Morgan fingerprint density at radius 2 is 0.786 bits per heavy atom. The van der Waals surface area contributed by atoms with E-state index in [2.05, 4.69) is 117 Å². The van der Waals surface area contributed by atoms with Crippen molar-refractivity contribution in [1.29, 1.82) is 0 Å². The van der Waals surface area contributed by atoms with Crippen molar-refractivity contribution in [3.63, 3.8) is 0 Å². The molecule has 0 spiro atoms. The van der Waals surface area contributed by atoms with Crippen LogP contribution in [0.3, 0.4) is 0 Å². The molecule has 0 aliphatic heterocycles. The van der Waals surface area contributed by atoms with Crippen LogP contribution in [0.4, 0.5) is 0 Å². The number of allylic oxidation sites excluding steroid dienone is 12. The molecule has 0 aromatic rings. The van der Waals surface area contributed by atoms with E-state index in [4.69, 9.17) is 0 Å². The van der Waals surface area contributed by atoms with Crippen molar-refractivity contribution in [3.8, 4) is 0 Å². The van der Waals surface area contributed by atoms with E-state index >= 15 is 0 Å². The summed E-state index contributed by atoms with van der Waals surface area (Å²) in [5.74, 6) is 1.79. The molecule has 0 bridgehead atoms. The van der Waals surface area contributed by atoms with Gasteiger partial charge < -0.3 is 0 Å². The maximum absolute atomic E-state index is 2.59. The molecule has 3 rings (SSSR count). The van der Waals surface area contributed by atoms with E-state index in [1.807, 2.05) is 0 Å². The van der Waals surface area contributed by atoms with Gasteiger partial charge in [0.05, 0.1) is 0 Å². The molecular weight excluding hydrogens is 413 g/mol. The van der Waals surface area contributed by atoms with Gasteiger partial charge in [-0.25, -0.2) is 0 Å². The van der Waals surface area contributed by atoms with E-state index in [1.54, 1.807) is 16.7 Å². The summed E-state index contributed by atoms with van der Waals surface area (Å²) in [5.41, 5.74) is 5.01. The zero-order valence-electron chi connectivity index (χ0n) is 19.5. The molecule has 0 aromatic heterocycles. The Morgan fingerprint density at radius 1 is 0.536 bits per heavy atom. The molecule has 3 aliphatic carbocycles. The normalized spacial score (nSPS) is 34.1. The van der Waals surface area contributed by atoms with Gasteiger partial charge in [0.1, 0.15) is 0 Å². The number of rotatable bonds is 6. The van der Waals surface area contributed by atoms with Crippen LogP contribution >= 0.6 is 0 Å². The van der Waals surface area contributed by atoms with Gasteiger partial charge in [0.15, 0.2) is 0 Å². The van der Waals surface area contributed by atoms with Crippen molar-refractivity contribution in [3.05, 3.63) is 71.4 Å². The fourth-order valence-electron chi connectivity index (χ4n) is 6.98. The minimum absolute atomic E-state index is 0.241. The molecule has 3 atom stereocenters. The predicted molar refractivity (Wildman–Crippen MR) is 121 cm³/mol. The monoisotopic (exact) mass is 452 g/mol. The number of hydrogen-bond donors (Lipinski definition) is 0. The van der Waals surface area contributed by atoms with Gasteiger partial charge in [-0.15, -0.1) is 0 Å². The maximum atomic E-state index is 2.59. The molecular formula is C27H39Y. The first-order valence-corrected chi connectivity index (χ1v) is 15.4. The first-order chi connectivity index (χ1) is 13.0. The van der Waals surface area contributed by atoms with Crippen LogP contribution in [0.5, 0.6) is 0 Å². The number of hydrogen-bond acceptors (Lipinski definition) is 0. The Hall–Kier alpha value is -0.456. The summed E-state index contributed by atoms with van der Waals surface area (Å²) in [4.78, 5) is 0. The average Bonchev–Trinajstić information content (AvgIpc) is 3.25. The van der Waals surface area contributed by atoms with Crippen molar-refractivity contribution < 1.29 is 27.4 Å². The van der Waals surface area contributed by atoms with Crippen LogP contribution < -0.4 is 0 Å². The van der Waals surface area contributed by atoms with Crippen molar-refractivity contribution in [2.75, 3.05) is 0 Å². The van der Waals surface area contributed by atoms with Gasteiger partial charge in [0, 0.05) is 0 Å². The molecule has 28 heavy (non-hydrogen) atoms. The minimum atomic E-state index is -2.55. The molecule has 1 heteroatoms. The SMILES string of the molecule is CC(C)C1=CC=C[C]1(C)[Y]([C]1(C)C=CC=C1C(C)C)[C]1(C)C=CC=C1C(C)C. The van der Waals surface area contributed by atoms with Crippen LogP contribution in [0.1, 0.15) is 62.3 Å². The van der Waals surface area contributed by atoms with Gasteiger partial charge in [-0.1, -0.05) is 0 Å². The third-order valence-electron chi connectivity index (χ3n) is 7.69. The quantitative estimate of drug-likeness (QED) is 0.378. The molecule has 0 radical (unpaired) electrons. The molecule has 0 saturated carbocycles. The van der Waals surface area contributed by atoms with Crippen LogP contribution in [0, 0.1) is 17.8 Å². The van der Waals surface area contributed by atoms with Gasteiger partial charge in [-0.05, 0) is 0 Å². The second-order valence-electron chi connectivity index (χ2n) is 10.7. The van der Waals surface area contributed by atoms with Gasteiger partial charge in [-0.2, -0.15) is 0 Å². The fourth-order valence-corrected chi connectivity index (χ4v) is 24.0. The summed E-state index contributed by atoms with van der Waals surface area (Å²) < 4.78 is 0.722. The van der Waals surface area contributed by atoms with E-state index in [-0.39, 0.29) is 6.68 Å². The molecule has 150 valence electrons. The van der Waals surface area contributed by atoms with E-state index in [9.17, 15) is 0 Å². The summed E-state index contributed by atoms with van der Waals surface area (Å²) in [7, 11) is 0. The van der Waals surface area contributed by atoms with Crippen LogP contribution in [0.25, 0.3) is 0 Å². The third-order valence-corrected chi connectivity index (χ3v) is 20.4. The molecule has 0 heterocycles. The van der Waals surface area contributed by atoms with Gasteiger partial charge in [0.2, 0.25) is 0 Å². The van der Waals surface area contributed by atoms with Gasteiger partial charge >= 0.3 is 186 Å². The third kappa shape index (κ3) is 3.28. The van der Waals surface area contributed by atoms with Crippen LogP contribution in [0.2, 0.25) is 6.68 Å². The second kappa shape index (κ2) is 7.66. The van der Waals surface area contributed by atoms with Crippen molar-refractivity contribution in [1.82, 2.24) is 0 Å². The molecule has 0 nitrogen and oxygen atoms in total. The first-order valence-electron chi connectivity index (χ1n) is 11.2. The zero-order valence-corrected chi connectivity index (χ0v) is 22.3. The van der Waals surface area contributed by atoms with Crippen molar-refractivity contribution in [2.24, 2.45) is 17.8 Å². The van der Waals surface area contributed by atoms with Crippen molar-refractivity contribution in [2.45, 2.75) is 69.0 Å². The standard InChI is InChI=1S/3C9H13.Y/c3*1-7(2)9-6-4-5-8(9)3;/h3*4-7H,1-3H3;. The summed E-state index contributed by atoms with van der Waals surface area (Å²) in [6, 6.07) is 0. The summed E-state index contributed by atoms with van der Waals surface area (Å²) in [5, 5.41) is 0. The Morgan fingerprint density at radius 3 is 1.00 bits per heavy atom. The van der Waals surface area contributed by atoms with E-state index in [0.29, 0.717) is 17.8 Å². The zero-order chi connectivity index (χ0) is 20.9. The Balaban J connectivity index is 2.26. The summed E-state index contributed by atoms with van der Waals surface area (Å²) in [6.07, 6.45) is 22.2. The van der Waals surface area contributed by atoms with Gasteiger partial charge in [-0.3, -0.25) is 0 Å². The van der Waals surface area contributed by atoms with Crippen molar-refractivity contribution >= 4 is 0 Å². The molecule has 3 unspecified atom stereocenters. The fraction of sp³-hybridized carbons (Fsp3) is 0.556. The predicted octanol–water partition coefficient (Wildman–Crippen LogP) is 8.60. The second-order valence-corrected chi connectivity index (χ2v) is 21.7. The summed E-state index contributed by atoms with van der Waals surface area (Å²) in [6.45, 7) is 22.1. The first kappa shape index (κ1) is 22.2. The molecule has 0 N–H and O–H groups in total. The van der Waals surface area contributed by atoms with E-state index in [1.165, 1.54) is 0 Å². The molecule has 0 amide bonds. The van der Waals surface area contributed by atoms with E-state index < -0.39 is 27.4 Å². The van der Waals surface area contributed by atoms with Crippen LogP contribution in [-0.4, -0.2) is 0 Å². The Labute approximate surface area is 184 Å². The molecule has 3 aliphatic rings. The van der Waals surface area contributed by atoms with E-state index in [0.717, 1.165) is 0 Å². The topological polar surface area (TPSA) is 0 Å². The summed E-state index contributed by atoms with van der Waals surface area (Å²) >= 11 is -2.55.